The van der Waals surface area contributed by atoms with Gasteiger partial charge in [-0.2, -0.15) is 13.2 Å². The predicted octanol–water partition coefficient (Wildman–Crippen LogP) is 3.32. The van der Waals surface area contributed by atoms with Crippen LogP contribution in [0.1, 0.15) is 37.3 Å². The zero-order chi connectivity index (χ0) is 13.9. The quantitative estimate of drug-likeness (QED) is 0.885. The van der Waals surface area contributed by atoms with Crippen molar-refractivity contribution in [3.05, 3.63) is 35.4 Å². The first-order valence-corrected chi connectivity index (χ1v) is 5.73. The molecule has 1 aromatic carbocycles. The molecule has 0 bridgehead atoms. The second-order valence-electron chi connectivity index (χ2n) is 4.33. The first-order chi connectivity index (χ1) is 8.27. The lowest BCUT2D eigenvalue weighted by atomic mass is 9.85. The van der Waals surface area contributed by atoms with E-state index in [1.54, 1.807) is 6.92 Å². The van der Waals surface area contributed by atoms with E-state index in [1.165, 1.54) is 12.1 Å². The van der Waals surface area contributed by atoms with Crippen molar-refractivity contribution in [1.29, 1.82) is 0 Å². The highest BCUT2D eigenvalue weighted by Crippen LogP contribution is 2.32. The maximum Gasteiger partial charge on any atom is 0.416 e. The molecular weight excluding hydrogens is 243 g/mol. The van der Waals surface area contributed by atoms with Crippen molar-refractivity contribution in [3.63, 3.8) is 0 Å². The summed E-state index contributed by atoms with van der Waals surface area (Å²) in [5.74, 6) is -0.971. The predicted molar refractivity (Wildman–Crippen MR) is 62.8 cm³/mol. The van der Waals surface area contributed by atoms with Gasteiger partial charge < -0.3 is 5.73 Å². The molecule has 1 aromatic rings. The lowest BCUT2D eigenvalue weighted by Gasteiger charge is -2.20. The first kappa shape index (κ1) is 14.5. The van der Waals surface area contributed by atoms with Gasteiger partial charge in [0.05, 0.1) is 5.56 Å². The Hall–Kier alpha value is -1.52. The summed E-state index contributed by atoms with van der Waals surface area (Å²) in [5, 5.41) is 0. The molecular formula is C13H16F3NO. The highest BCUT2D eigenvalue weighted by Gasteiger charge is 2.30. The minimum Gasteiger partial charge on any atom is -0.369 e. The summed E-state index contributed by atoms with van der Waals surface area (Å²) in [6.45, 7) is 3.62. The fourth-order valence-corrected chi connectivity index (χ4v) is 2.01. The number of carbonyl (C=O) groups is 1. The molecule has 2 nitrogen and oxygen atoms in total. The van der Waals surface area contributed by atoms with Gasteiger partial charge in [0.1, 0.15) is 0 Å². The van der Waals surface area contributed by atoms with Crippen molar-refractivity contribution < 1.29 is 18.0 Å². The van der Waals surface area contributed by atoms with E-state index in [2.05, 4.69) is 0 Å². The van der Waals surface area contributed by atoms with Crippen LogP contribution in [0.15, 0.2) is 24.3 Å². The Labute approximate surface area is 104 Å². The SMILES string of the molecule is CCC(C(N)=O)C(C)c1ccc(C(F)(F)F)cc1. The minimum absolute atomic E-state index is 0.185. The van der Waals surface area contributed by atoms with Gasteiger partial charge in [0.25, 0.3) is 0 Å². The molecule has 2 atom stereocenters. The average molecular weight is 259 g/mol. The van der Waals surface area contributed by atoms with E-state index in [9.17, 15) is 18.0 Å². The van der Waals surface area contributed by atoms with E-state index in [1.807, 2.05) is 6.92 Å². The summed E-state index contributed by atoms with van der Waals surface area (Å²) in [6, 6.07) is 4.86. The number of carbonyl (C=O) groups excluding carboxylic acids is 1. The van der Waals surface area contributed by atoms with E-state index in [0.717, 1.165) is 12.1 Å². The Morgan fingerprint density at radius 1 is 1.28 bits per heavy atom. The van der Waals surface area contributed by atoms with Crippen LogP contribution in [-0.2, 0) is 11.0 Å². The molecule has 100 valence electrons. The van der Waals surface area contributed by atoms with Crippen LogP contribution in [0.2, 0.25) is 0 Å². The molecule has 0 fully saturated rings. The largest absolute Gasteiger partial charge is 0.416 e. The van der Waals surface area contributed by atoms with E-state index >= 15 is 0 Å². The van der Waals surface area contributed by atoms with E-state index in [-0.39, 0.29) is 11.8 Å². The fourth-order valence-electron chi connectivity index (χ4n) is 2.01. The third kappa shape index (κ3) is 3.24. The maximum atomic E-state index is 12.4. The van der Waals surface area contributed by atoms with Crippen LogP contribution in [0.3, 0.4) is 0 Å². The molecule has 1 rings (SSSR count). The summed E-state index contributed by atoms with van der Waals surface area (Å²) in [4.78, 5) is 11.2. The Morgan fingerprint density at radius 2 is 1.78 bits per heavy atom. The molecule has 0 spiro atoms. The molecule has 0 radical (unpaired) electrons. The molecule has 0 aliphatic carbocycles. The zero-order valence-electron chi connectivity index (χ0n) is 10.3. The van der Waals surface area contributed by atoms with Crippen LogP contribution in [0, 0.1) is 5.92 Å². The number of nitrogens with two attached hydrogens (primary N) is 1. The van der Waals surface area contributed by atoms with Gasteiger partial charge >= 0.3 is 6.18 Å². The maximum absolute atomic E-state index is 12.4. The van der Waals surface area contributed by atoms with Crippen LogP contribution in [0.25, 0.3) is 0 Å². The van der Waals surface area contributed by atoms with Gasteiger partial charge in [0.2, 0.25) is 5.91 Å². The molecule has 0 saturated carbocycles. The number of alkyl halides is 3. The van der Waals surface area contributed by atoms with Gasteiger partial charge in [0.15, 0.2) is 0 Å². The second kappa shape index (κ2) is 5.42. The second-order valence-corrected chi connectivity index (χ2v) is 4.33. The van der Waals surface area contributed by atoms with Crippen molar-refractivity contribution in [2.45, 2.75) is 32.4 Å². The lowest BCUT2D eigenvalue weighted by Crippen LogP contribution is -2.27. The zero-order valence-corrected chi connectivity index (χ0v) is 10.3. The van der Waals surface area contributed by atoms with Crippen LogP contribution in [0.5, 0.6) is 0 Å². The molecule has 0 aliphatic heterocycles. The van der Waals surface area contributed by atoms with Crippen molar-refractivity contribution in [3.8, 4) is 0 Å². The highest BCUT2D eigenvalue weighted by atomic mass is 19.4. The number of hydrogen-bond acceptors (Lipinski definition) is 1. The highest BCUT2D eigenvalue weighted by molar-refractivity contribution is 5.77. The van der Waals surface area contributed by atoms with Crippen molar-refractivity contribution >= 4 is 5.91 Å². The van der Waals surface area contributed by atoms with Crippen molar-refractivity contribution in [2.75, 3.05) is 0 Å². The van der Waals surface area contributed by atoms with E-state index in [0.29, 0.717) is 12.0 Å². The molecule has 1 amide bonds. The van der Waals surface area contributed by atoms with Crippen LogP contribution < -0.4 is 5.73 Å². The Kier molecular flexibility index (Phi) is 4.38. The lowest BCUT2D eigenvalue weighted by molar-refractivity contribution is -0.137. The molecule has 2 unspecified atom stereocenters. The van der Waals surface area contributed by atoms with Crippen LogP contribution in [0.4, 0.5) is 13.2 Å². The van der Waals surface area contributed by atoms with Crippen LogP contribution >= 0.6 is 0 Å². The summed E-state index contributed by atoms with van der Waals surface area (Å²) in [7, 11) is 0. The molecule has 5 heteroatoms. The fraction of sp³-hybridized carbons (Fsp3) is 0.462. The molecule has 2 N–H and O–H groups in total. The standard InChI is InChI=1S/C13H16F3NO/c1-3-11(12(17)18)8(2)9-4-6-10(7-5-9)13(14,15)16/h4-8,11H,3H2,1-2H3,(H2,17,18). The summed E-state index contributed by atoms with van der Waals surface area (Å²) >= 11 is 0. The number of primary amides is 1. The van der Waals surface area contributed by atoms with Gasteiger partial charge in [0, 0.05) is 5.92 Å². The van der Waals surface area contributed by atoms with E-state index in [4.69, 9.17) is 5.73 Å². The Balaban J connectivity index is 2.94. The summed E-state index contributed by atoms with van der Waals surface area (Å²) < 4.78 is 37.2. The Morgan fingerprint density at radius 3 is 2.11 bits per heavy atom. The third-order valence-electron chi connectivity index (χ3n) is 3.17. The normalized spacial score (nSPS) is 15.2. The monoisotopic (exact) mass is 259 g/mol. The van der Waals surface area contributed by atoms with Crippen molar-refractivity contribution in [2.24, 2.45) is 11.7 Å². The van der Waals surface area contributed by atoms with E-state index < -0.39 is 17.6 Å². The van der Waals surface area contributed by atoms with Gasteiger partial charge in [-0.1, -0.05) is 26.0 Å². The molecule has 0 heterocycles. The number of hydrogen-bond donors (Lipinski definition) is 1. The Bertz CT molecular complexity index is 411. The van der Waals surface area contributed by atoms with Crippen LogP contribution in [-0.4, -0.2) is 5.91 Å². The number of halogens is 3. The van der Waals surface area contributed by atoms with Gasteiger partial charge in [-0.3, -0.25) is 4.79 Å². The smallest absolute Gasteiger partial charge is 0.369 e. The number of amides is 1. The minimum atomic E-state index is -4.34. The van der Waals surface area contributed by atoms with Gasteiger partial charge in [-0.05, 0) is 30.0 Å². The first-order valence-electron chi connectivity index (χ1n) is 5.73. The molecule has 0 saturated heterocycles. The van der Waals surface area contributed by atoms with Crippen molar-refractivity contribution in [1.82, 2.24) is 0 Å². The summed E-state index contributed by atoms with van der Waals surface area (Å²) in [5.41, 5.74) is 5.26. The van der Waals surface area contributed by atoms with Gasteiger partial charge in [-0.15, -0.1) is 0 Å². The third-order valence-corrected chi connectivity index (χ3v) is 3.17. The molecule has 18 heavy (non-hydrogen) atoms. The topological polar surface area (TPSA) is 43.1 Å². The summed E-state index contributed by atoms with van der Waals surface area (Å²) in [6.07, 6.45) is -3.77. The average Bonchev–Trinajstić information content (AvgIpc) is 2.28. The number of benzene rings is 1. The molecule has 0 aliphatic rings. The molecule has 0 aromatic heterocycles. The number of rotatable bonds is 4. The van der Waals surface area contributed by atoms with Gasteiger partial charge in [-0.25, -0.2) is 0 Å².